The van der Waals surface area contributed by atoms with Gasteiger partial charge in [0, 0.05) is 24.6 Å². The maximum absolute atomic E-state index is 11.9. The summed E-state index contributed by atoms with van der Waals surface area (Å²) in [5, 5.41) is 6.77. The van der Waals surface area contributed by atoms with Crippen LogP contribution in [-0.2, 0) is 7.05 Å². The van der Waals surface area contributed by atoms with E-state index in [2.05, 4.69) is 10.4 Å². The molecule has 1 heterocycles. The Hall–Kier alpha value is -2.30. The van der Waals surface area contributed by atoms with Crippen molar-refractivity contribution in [1.82, 2.24) is 9.78 Å². The van der Waals surface area contributed by atoms with Crippen molar-refractivity contribution in [1.29, 1.82) is 0 Å². The van der Waals surface area contributed by atoms with Crippen molar-refractivity contribution in [3.63, 3.8) is 0 Å². The van der Waals surface area contributed by atoms with Crippen LogP contribution >= 0.6 is 0 Å². The average Bonchev–Trinajstić information content (AvgIpc) is 2.69. The fourth-order valence-corrected chi connectivity index (χ4v) is 1.56. The molecule has 5 nitrogen and oxygen atoms in total. The number of nitrogen functional groups attached to an aromatic ring is 1. The Labute approximate surface area is 99.2 Å². The molecular formula is C12H14N4O. The Morgan fingerprint density at radius 1 is 1.47 bits per heavy atom. The number of anilines is 2. The number of amides is 1. The number of hydrogen-bond acceptors (Lipinski definition) is 3. The number of benzene rings is 1. The van der Waals surface area contributed by atoms with Crippen LogP contribution in [0.5, 0.6) is 0 Å². The van der Waals surface area contributed by atoms with Crippen molar-refractivity contribution < 1.29 is 4.79 Å². The van der Waals surface area contributed by atoms with Gasteiger partial charge in [-0.25, -0.2) is 0 Å². The second kappa shape index (κ2) is 4.29. The van der Waals surface area contributed by atoms with E-state index in [1.54, 1.807) is 30.1 Å². The molecule has 0 saturated heterocycles. The number of aryl methyl sites for hydroxylation is 2. The predicted octanol–water partition coefficient (Wildman–Crippen LogP) is 1.56. The van der Waals surface area contributed by atoms with Gasteiger partial charge < -0.3 is 11.1 Å². The lowest BCUT2D eigenvalue weighted by atomic mass is 10.1. The molecule has 0 aliphatic rings. The minimum atomic E-state index is -0.175. The van der Waals surface area contributed by atoms with E-state index in [0.29, 0.717) is 11.3 Å². The normalized spacial score (nSPS) is 10.2. The molecule has 0 saturated carbocycles. The van der Waals surface area contributed by atoms with Crippen LogP contribution in [-0.4, -0.2) is 15.7 Å². The molecule has 1 aromatic carbocycles. The van der Waals surface area contributed by atoms with Gasteiger partial charge in [-0.3, -0.25) is 9.48 Å². The van der Waals surface area contributed by atoms with Crippen LogP contribution in [0.2, 0.25) is 0 Å². The third kappa shape index (κ3) is 2.44. The first-order chi connectivity index (χ1) is 8.06. The van der Waals surface area contributed by atoms with E-state index in [4.69, 9.17) is 5.73 Å². The van der Waals surface area contributed by atoms with Crippen molar-refractivity contribution in [3.05, 3.63) is 41.7 Å². The number of nitrogens with two attached hydrogens (primary N) is 1. The number of nitrogens with one attached hydrogen (secondary N) is 1. The summed E-state index contributed by atoms with van der Waals surface area (Å²) in [4.78, 5) is 11.9. The number of aromatic nitrogens is 2. The van der Waals surface area contributed by atoms with Crippen molar-refractivity contribution in [2.45, 2.75) is 6.92 Å². The number of hydrogen-bond donors (Lipinski definition) is 2. The SMILES string of the molecule is Cc1cc(N)ccc1NC(=O)c1cnn(C)c1. The van der Waals surface area contributed by atoms with Crippen LogP contribution in [0, 0.1) is 6.92 Å². The predicted molar refractivity (Wildman–Crippen MR) is 66.8 cm³/mol. The van der Waals surface area contributed by atoms with Gasteiger partial charge in [-0.05, 0) is 30.7 Å². The zero-order valence-corrected chi connectivity index (χ0v) is 9.77. The molecule has 2 aromatic rings. The fourth-order valence-electron chi connectivity index (χ4n) is 1.56. The highest BCUT2D eigenvalue weighted by molar-refractivity contribution is 6.04. The van der Waals surface area contributed by atoms with Gasteiger partial charge in [0.05, 0.1) is 11.8 Å². The first-order valence-electron chi connectivity index (χ1n) is 5.22. The molecule has 17 heavy (non-hydrogen) atoms. The summed E-state index contributed by atoms with van der Waals surface area (Å²) in [5.74, 6) is -0.175. The lowest BCUT2D eigenvalue weighted by Gasteiger charge is -2.07. The highest BCUT2D eigenvalue weighted by atomic mass is 16.1. The lowest BCUT2D eigenvalue weighted by Crippen LogP contribution is -2.12. The highest BCUT2D eigenvalue weighted by Gasteiger charge is 2.09. The van der Waals surface area contributed by atoms with Crippen molar-refractivity contribution in [2.24, 2.45) is 7.05 Å². The van der Waals surface area contributed by atoms with Crippen LogP contribution in [0.1, 0.15) is 15.9 Å². The second-order valence-corrected chi connectivity index (χ2v) is 3.93. The molecular weight excluding hydrogens is 216 g/mol. The molecule has 0 bridgehead atoms. The van der Waals surface area contributed by atoms with E-state index < -0.39 is 0 Å². The number of rotatable bonds is 2. The van der Waals surface area contributed by atoms with Gasteiger partial charge in [0.2, 0.25) is 0 Å². The maximum Gasteiger partial charge on any atom is 0.258 e. The standard InChI is InChI=1S/C12H14N4O/c1-8-5-10(13)3-4-11(8)15-12(17)9-6-14-16(2)7-9/h3-7H,13H2,1-2H3,(H,15,17). The highest BCUT2D eigenvalue weighted by Crippen LogP contribution is 2.18. The van der Waals surface area contributed by atoms with Gasteiger partial charge in [-0.1, -0.05) is 0 Å². The van der Waals surface area contributed by atoms with Gasteiger partial charge in [0.15, 0.2) is 0 Å². The molecule has 1 aromatic heterocycles. The molecule has 1 amide bonds. The van der Waals surface area contributed by atoms with Crippen LogP contribution in [0.4, 0.5) is 11.4 Å². The van der Waals surface area contributed by atoms with Gasteiger partial charge in [0.25, 0.3) is 5.91 Å². The number of carbonyl (C=O) groups is 1. The smallest absolute Gasteiger partial charge is 0.258 e. The van der Waals surface area contributed by atoms with Crippen molar-refractivity contribution in [2.75, 3.05) is 11.1 Å². The van der Waals surface area contributed by atoms with Gasteiger partial charge in [-0.15, -0.1) is 0 Å². The zero-order chi connectivity index (χ0) is 12.4. The third-order valence-electron chi connectivity index (χ3n) is 2.47. The van der Waals surface area contributed by atoms with E-state index in [1.807, 2.05) is 13.0 Å². The molecule has 5 heteroatoms. The molecule has 0 radical (unpaired) electrons. The minimum absolute atomic E-state index is 0.175. The van der Waals surface area contributed by atoms with Gasteiger partial charge in [0.1, 0.15) is 0 Å². The number of nitrogens with zero attached hydrogens (tertiary/aromatic N) is 2. The third-order valence-corrected chi connectivity index (χ3v) is 2.47. The molecule has 0 aliphatic carbocycles. The Bertz CT molecular complexity index is 559. The summed E-state index contributed by atoms with van der Waals surface area (Å²) in [5.41, 5.74) is 8.55. The zero-order valence-electron chi connectivity index (χ0n) is 9.77. The lowest BCUT2D eigenvalue weighted by molar-refractivity contribution is 0.102. The summed E-state index contributed by atoms with van der Waals surface area (Å²) in [7, 11) is 1.77. The minimum Gasteiger partial charge on any atom is -0.399 e. The Morgan fingerprint density at radius 2 is 2.24 bits per heavy atom. The topological polar surface area (TPSA) is 72.9 Å². The van der Waals surface area contributed by atoms with E-state index in [-0.39, 0.29) is 5.91 Å². The quantitative estimate of drug-likeness (QED) is 0.769. The van der Waals surface area contributed by atoms with Crippen LogP contribution < -0.4 is 11.1 Å². The molecule has 0 spiro atoms. The summed E-state index contributed by atoms with van der Waals surface area (Å²) in [6, 6.07) is 5.36. The largest absolute Gasteiger partial charge is 0.399 e. The first-order valence-corrected chi connectivity index (χ1v) is 5.22. The van der Waals surface area contributed by atoms with Crippen LogP contribution in [0.25, 0.3) is 0 Å². The maximum atomic E-state index is 11.9. The Morgan fingerprint density at radius 3 is 2.82 bits per heavy atom. The Balaban J connectivity index is 2.18. The fraction of sp³-hybridized carbons (Fsp3) is 0.167. The molecule has 0 aliphatic heterocycles. The van der Waals surface area contributed by atoms with E-state index in [9.17, 15) is 4.79 Å². The first kappa shape index (κ1) is 11.2. The monoisotopic (exact) mass is 230 g/mol. The molecule has 0 fully saturated rings. The van der Waals surface area contributed by atoms with Crippen LogP contribution in [0.3, 0.4) is 0 Å². The summed E-state index contributed by atoms with van der Waals surface area (Å²) >= 11 is 0. The summed E-state index contributed by atoms with van der Waals surface area (Å²) in [6.45, 7) is 1.90. The summed E-state index contributed by atoms with van der Waals surface area (Å²) < 4.78 is 1.59. The van der Waals surface area contributed by atoms with E-state index in [1.165, 1.54) is 6.20 Å². The molecule has 2 rings (SSSR count). The summed E-state index contributed by atoms with van der Waals surface area (Å²) in [6.07, 6.45) is 3.20. The number of carbonyl (C=O) groups excluding carboxylic acids is 1. The Kier molecular flexibility index (Phi) is 2.82. The second-order valence-electron chi connectivity index (χ2n) is 3.93. The van der Waals surface area contributed by atoms with Crippen molar-refractivity contribution >= 4 is 17.3 Å². The molecule has 0 unspecified atom stereocenters. The molecule has 0 atom stereocenters. The molecule has 3 N–H and O–H groups in total. The van der Waals surface area contributed by atoms with E-state index >= 15 is 0 Å². The van der Waals surface area contributed by atoms with Gasteiger partial charge in [-0.2, -0.15) is 5.10 Å². The van der Waals surface area contributed by atoms with Gasteiger partial charge >= 0.3 is 0 Å². The molecule has 88 valence electrons. The van der Waals surface area contributed by atoms with E-state index in [0.717, 1.165) is 11.3 Å². The average molecular weight is 230 g/mol. The van der Waals surface area contributed by atoms with Crippen molar-refractivity contribution in [3.8, 4) is 0 Å². The van der Waals surface area contributed by atoms with Crippen LogP contribution in [0.15, 0.2) is 30.6 Å².